The monoisotopic (exact) mass is 332 g/mol. The van der Waals surface area contributed by atoms with Crippen molar-refractivity contribution in [2.75, 3.05) is 17.7 Å². The topological polar surface area (TPSA) is 64.3 Å². The lowest BCUT2D eigenvalue weighted by molar-refractivity contribution is -0.127. The predicted octanol–water partition coefficient (Wildman–Crippen LogP) is 4.36. The summed E-state index contributed by atoms with van der Waals surface area (Å²) in [4.78, 5) is 12.1. The molecule has 1 aromatic rings. The molecule has 0 heterocycles. The van der Waals surface area contributed by atoms with Crippen molar-refractivity contribution in [3.63, 3.8) is 0 Å². The molecular formula is C15H22Cl2N2O2. The first-order valence-electron chi connectivity index (χ1n) is 7.02. The maximum Gasteiger partial charge on any atom is 0.253 e. The van der Waals surface area contributed by atoms with Crippen molar-refractivity contribution in [2.24, 2.45) is 5.92 Å². The molecule has 1 amide bonds. The molecule has 0 radical (unpaired) electrons. The number of anilines is 2. The van der Waals surface area contributed by atoms with Crippen LogP contribution in [0.15, 0.2) is 12.1 Å². The lowest BCUT2D eigenvalue weighted by Crippen LogP contribution is -2.29. The molecule has 0 spiro atoms. The van der Waals surface area contributed by atoms with E-state index in [4.69, 9.17) is 33.7 Å². The highest BCUT2D eigenvalue weighted by atomic mass is 35.5. The molecule has 0 saturated carbocycles. The number of ether oxygens (including phenoxy) is 1. The highest BCUT2D eigenvalue weighted by Gasteiger charge is 2.18. The Bertz CT molecular complexity index is 472. The van der Waals surface area contributed by atoms with Crippen LogP contribution in [-0.4, -0.2) is 18.6 Å². The van der Waals surface area contributed by atoms with Crippen LogP contribution in [0, 0.1) is 5.92 Å². The van der Waals surface area contributed by atoms with Crippen molar-refractivity contribution in [3.8, 4) is 0 Å². The molecule has 0 saturated heterocycles. The molecule has 1 rings (SSSR count). The van der Waals surface area contributed by atoms with Gasteiger partial charge in [-0.1, -0.05) is 43.5 Å². The van der Waals surface area contributed by atoms with E-state index in [-0.39, 0.29) is 5.91 Å². The number of carbonyl (C=O) groups excluding carboxylic acids is 1. The van der Waals surface area contributed by atoms with E-state index in [0.717, 1.165) is 12.8 Å². The Morgan fingerprint density at radius 2 is 1.90 bits per heavy atom. The van der Waals surface area contributed by atoms with Gasteiger partial charge in [-0.3, -0.25) is 4.79 Å². The van der Waals surface area contributed by atoms with Crippen molar-refractivity contribution >= 4 is 40.5 Å². The fourth-order valence-electron chi connectivity index (χ4n) is 1.90. The summed E-state index contributed by atoms with van der Waals surface area (Å²) >= 11 is 12.1. The fourth-order valence-corrected chi connectivity index (χ4v) is 2.50. The van der Waals surface area contributed by atoms with Crippen LogP contribution in [0.4, 0.5) is 11.4 Å². The van der Waals surface area contributed by atoms with Crippen LogP contribution >= 0.6 is 23.2 Å². The SMILES string of the molecule is CCCC(C)COC(C)C(=O)Nc1c(Cl)cc(N)cc1Cl. The van der Waals surface area contributed by atoms with Gasteiger partial charge in [0.15, 0.2) is 0 Å². The maximum absolute atomic E-state index is 12.1. The van der Waals surface area contributed by atoms with E-state index in [1.807, 2.05) is 0 Å². The zero-order valence-corrected chi connectivity index (χ0v) is 14.1. The summed E-state index contributed by atoms with van der Waals surface area (Å²) in [6.07, 6.45) is 1.60. The van der Waals surface area contributed by atoms with Crippen LogP contribution in [-0.2, 0) is 9.53 Å². The molecule has 0 aromatic heterocycles. The van der Waals surface area contributed by atoms with Crippen LogP contribution < -0.4 is 11.1 Å². The van der Waals surface area contributed by atoms with Gasteiger partial charge in [0, 0.05) is 5.69 Å². The number of nitrogens with one attached hydrogen (secondary N) is 1. The second-order valence-electron chi connectivity index (χ2n) is 5.22. The smallest absolute Gasteiger partial charge is 0.253 e. The van der Waals surface area contributed by atoms with E-state index >= 15 is 0 Å². The van der Waals surface area contributed by atoms with Crippen LogP contribution in [0.5, 0.6) is 0 Å². The van der Waals surface area contributed by atoms with Gasteiger partial charge in [0.05, 0.1) is 22.3 Å². The van der Waals surface area contributed by atoms with E-state index in [9.17, 15) is 4.79 Å². The van der Waals surface area contributed by atoms with Gasteiger partial charge in [-0.2, -0.15) is 0 Å². The van der Waals surface area contributed by atoms with Gasteiger partial charge < -0.3 is 15.8 Å². The number of nitrogens with two attached hydrogens (primary N) is 1. The Kier molecular flexibility index (Phi) is 7.29. The molecule has 0 fully saturated rings. The fraction of sp³-hybridized carbons (Fsp3) is 0.533. The van der Waals surface area contributed by atoms with Gasteiger partial charge in [-0.05, 0) is 31.4 Å². The lowest BCUT2D eigenvalue weighted by atomic mass is 10.1. The molecule has 118 valence electrons. The predicted molar refractivity (Wildman–Crippen MR) is 89.0 cm³/mol. The highest BCUT2D eigenvalue weighted by Crippen LogP contribution is 2.32. The summed E-state index contributed by atoms with van der Waals surface area (Å²) in [5.74, 6) is 0.140. The third-order valence-electron chi connectivity index (χ3n) is 3.09. The summed E-state index contributed by atoms with van der Waals surface area (Å²) in [6, 6.07) is 3.08. The van der Waals surface area contributed by atoms with Gasteiger partial charge >= 0.3 is 0 Å². The molecule has 0 aliphatic heterocycles. The van der Waals surface area contributed by atoms with Crippen LogP contribution in [0.2, 0.25) is 10.0 Å². The summed E-state index contributed by atoms with van der Waals surface area (Å²) in [5.41, 5.74) is 6.42. The average Bonchev–Trinajstić information content (AvgIpc) is 2.40. The Morgan fingerprint density at radius 1 is 1.33 bits per heavy atom. The normalized spacial score (nSPS) is 13.8. The zero-order chi connectivity index (χ0) is 16.0. The number of halogens is 2. The van der Waals surface area contributed by atoms with E-state index in [1.54, 1.807) is 6.92 Å². The number of amides is 1. The molecule has 2 unspecified atom stereocenters. The van der Waals surface area contributed by atoms with Crippen molar-refractivity contribution in [1.29, 1.82) is 0 Å². The summed E-state index contributed by atoms with van der Waals surface area (Å²) < 4.78 is 5.57. The first-order chi connectivity index (χ1) is 9.85. The Balaban J connectivity index is 2.60. The molecule has 0 aliphatic rings. The minimum absolute atomic E-state index is 0.285. The van der Waals surface area contributed by atoms with Gasteiger partial charge in [-0.15, -0.1) is 0 Å². The molecule has 1 aromatic carbocycles. The molecule has 4 nitrogen and oxygen atoms in total. The Morgan fingerprint density at radius 3 is 2.43 bits per heavy atom. The van der Waals surface area contributed by atoms with E-state index in [1.165, 1.54) is 12.1 Å². The van der Waals surface area contributed by atoms with E-state index < -0.39 is 6.10 Å². The molecular weight excluding hydrogens is 311 g/mol. The van der Waals surface area contributed by atoms with Gasteiger partial charge in [0.2, 0.25) is 0 Å². The van der Waals surface area contributed by atoms with Crippen molar-refractivity contribution < 1.29 is 9.53 Å². The van der Waals surface area contributed by atoms with Crippen LogP contribution in [0.1, 0.15) is 33.6 Å². The number of benzene rings is 1. The van der Waals surface area contributed by atoms with E-state index in [2.05, 4.69) is 19.2 Å². The quantitative estimate of drug-likeness (QED) is 0.729. The maximum atomic E-state index is 12.1. The second-order valence-corrected chi connectivity index (χ2v) is 6.03. The number of hydrogen-bond donors (Lipinski definition) is 2. The van der Waals surface area contributed by atoms with Gasteiger partial charge in [0.25, 0.3) is 5.91 Å². The lowest BCUT2D eigenvalue weighted by Gasteiger charge is -2.17. The van der Waals surface area contributed by atoms with Crippen LogP contribution in [0.25, 0.3) is 0 Å². The number of nitrogen functional groups attached to an aromatic ring is 1. The summed E-state index contributed by atoms with van der Waals surface area (Å²) in [6.45, 7) is 6.47. The van der Waals surface area contributed by atoms with Gasteiger partial charge in [0.1, 0.15) is 6.10 Å². The van der Waals surface area contributed by atoms with Crippen LogP contribution in [0.3, 0.4) is 0 Å². The molecule has 6 heteroatoms. The summed E-state index contributed by atoms with van der Waals surface area (Å²) in [5, 5.41) is 3.29. The molecule has 0 aliphatic carbocycles. The number of rotatable bonds is 7. The molecule has 3 N–H and O–H groups in total. The highest BCUT2D eigenvalue weighted by molar-refractivity contribution is 6.40. The summed E-state index contributed by atoms with van der Waals surface area (Å²) in [7, 11) is 0. The third kappa shape index (κ3) is 5.73. The zero-order valence-electron chi connectivity index (χ0n) is 12.6. The number of carbonyl (C=O) groups is 1. The first-order valence-corrected chi connectivity index (χ1v) is 7.77. The number of hydrogen-bond acceptors (Lipinski definition) is 3. The molecule has 0 bridgehead atoms. The third-order valence-corrected chi connectivity index (χ3v) is 3.69. The van der Waals surface area contributed by atoms with Crippen molar-refractivity contribution in [1.82, 2.24) is 0 Å². The molecule has 2 atom stereocenters. The molecule has 21 heavy (non-hydrogen) atoms. The van der Waals surface area contributed by atoms with E-state index in [0.29, 0.717) is 33.9 Å². The largest absolute Gasteiger partial charge is 0.399 e. The van der Waals surface area contributed by atoms with Crippen molar-refractivity contribution in [2.45, 2.75) is 39.7 Å². The second kappa shape index (κ2) is 8.47. The van der Waals surface area contributed by atoms with Crippen molar-refractivity contribution in [3.05, 3.63) is 22.2 Å². The minimum atomic E-state index is -0.575. The Labute approximate surface area is 135 Å². The average molecular weight is 333 g/mol. The minimum Gasteiger partial charge on any atom is -0.399 e. The standard InChI is InChI=1S/C15H22Cl2N2O2/c1-4-5-9(2)8-21-10(3)15(20)19-14-12(16)6-11(18)7-13(14)17/h6-7,9-10H,4-5,8,18H2,1-3H3,(H,19,20). The van der Waals surface area contributed by atoms with Gasteiger partial charge in [-0.25, -0.2) is 0 Å². The Hall–Kier alpha value is -0.970. The first kappa shape index (κ1) is 18.1.